The van der Waals surface area contributed by atoms with Crippen LogP contribution in [0.25, 0.3) is 0 Å². The topological polar surface area (TPSA) is 69.2 Å². The van der Waals surface area contributed by atoms with Gasteiger partial charge in [-0.25, -0.2) is 5.43 Å². The predicted molar refractivity (Wildman–Crippen MR) is 123 cm³/mol. The number of hydrogen-bond donors (Lipinski definition) is 1. The van der Waals surface area contributed by atoms with E-state index in [1.165, 1.54) is 23.3 Å². The number of nitrogens with one attached hydrogen (secondary N) is 1. The summed E-state index contributed by atoms with van der Waals surface area (Å²) in [6.45, 7) is -0.112. The summed E-state index contributed by atoms with van der Waals surface area (Å²) in [5.74, 6) is 3.86. The van der Waals surface area contributed by atoms with Crippen LogP contribution in [0.4, 0.5) is 0 Å². The number of carbonyl (C=O) groups excluding carboxylic acids is 1. The lowest BCUT2D eigenvalue weighted by molar-refractivity contribution is -0.123. The largest absolute Gasteiger partial charge is 0.493 e. The number of rotatable bonds is 8. The van der Waals surface area contributed by atoms with Gasteiger partial charge in [0, 0.05) is 11.5 Å². The van der Waals surface area contributed by atoms with E-state index in [1.807, 2.05) is 41.7 Å². The molecule has 1 saturated heterocycles. The summed E-state index contributed by atoms with van der Waals surface area (Å²) in [5, 5.41) is 3.96. The zero-order valence-electron chi connectivity index (χ0n) is 16.0. The van der Waals surface area contributed by atoms with E-state index in [0.29, 0.717) is 21.8 Å². The first-order valence-corrected chi connectivity index (χ1v) is 11.7. The van der Waals surface area contributed by atoms with Gasteiger partial charge in [-0.3, -0.25) is 4.79 Å². The number of amides is 1. The molecule has 9 heteroatoms. The van der Waals surface area contributed by atoms with Gasteiger partial charge in [-0.05, 0) is 51.3 Å². The molecule has 2 aromatic carbocycles. The van der Waals surface area contributed by atoms with E-state index in [9.17, 15) is 4.79 Å². The molecule has 0 radical (unpaired) electrons. The fourth-order valence-electron chi connectivity index (χ4n) is 2.64. The van der Waals surface area contributed by atoms with E-state index in [0.717, 1.165) is 10.0 Å². The second kappa shape index (κ2) is 10.8. The zero-order chi connectivity index (χ0) is 20.6. The van der Waals surface area contributed by atoms with Crippen LogP contribution in [-0.4, -0.2) is 44.5 Å². The maximum atomic E-state index is 12.0. The predicted octanol–water partition coefficient (Wildman–Crippen LogP) is 4.47. The van der Waals surface area contributed by atoms with E-state index in [2.05, 4.69) is 38.6 Å². The number of hydrogen-bond acceptors (Lipinski definition) is 7. The Labute approximate surface area is 186 Å². The van der Waals surface area contributed by atoms with E-state index in [4.69, 9.17) is 14.2 Å². The van der Waals surface area contributed by atoms with Gasteiger partial charge in [-0.2, -0.15) is 5.10 Å². The fourth-order valence-corrected chi connectivity index (χ4v) is 6.13. The molecule has 1 amide bonds. The van der Waals surface area contributed by atoms with Crippen LogP contribution in [0.5, 0.6) is 17.2 Å². The molecule has 1 aliphatic rings. The number of ether oxygens (including phenoxy) is 3. The van der Waals surface area contributed by atoms with Crippen LogP contribution in [0, 0.1) is 0 Å². The molecule has 0 atom stereocenters. The molecule has 1 heterocycles. The van der Waals surface area contributed by atoms with Gasteiger partial charge in [0.05, 0.1) is 29.5 Å². The highest BCUT2D eigenvalue weighted by molar-refractivity contribution is 9.10. The van der Waals surface area contributed by atoms with Gasteiger partial charge >= 0.3 is 0 Å². The number of hydrazone groups is 1. The van der Waals surface area contributed by atoms with E-state index in [-0.39, 0.29) is 12.5 Å². The highest BCUT2D eigenvalue weighted by Crippen LogP contribution is 2.45. The highest BCUT2D eigenvalue weighted by Gasteiger charge is 2.18. The van der Waals surface area contributed by atoms with Crippen molar-refractivity contribution in [3.8, 4) is 17.2 Å². The van der Waals surface area contributed by atoms with Crippen molar-refractivity contribution in [1.82, 2.24) is 5.43 Å². The van der Waals surface area contributed by atoms with Crippen LogP contribution in [0.2, 0.25) is 0 Å². The van der Waals surface area contributed by atoms with Crippen molar-refractivity contribution in [3.63, 3.8) is 0 Å². The van der Waals surface area contributed by atoms with Crippen LogP contribution in [-0.2, 0) is 4.79 Å². The van der Waals surface area contributed by atoms with E-state index < -0.39 is 0 Å². The summed E-state index contributed by atoms with van der Waals surface area (Å²) in [6, 6.07) is 11.5. The molecule has 0 bridgehead atoms. The monoisotopic (exact) mass is 496 g/mol. The minimum absolute atomic E-state index is 0.112. The van der Waals surface area contributed by atoms with E-state index >= 15 is 0 Å². The van der Waals surface area contributed by atoms with Gasteiger partial charge in [0.15, 0.2) is 18.1 Å². The Kier molecular flexibility index (Phi) is 8.14. The number of thioether (sulfide) groups is 2. The minimum Gasteiger partial charge on any atom is -0.493 e. The Morgan fingerprint density at radius 1 is 1.21 bits per heavy atom. The molecule has 2 aromatic rings. The Balaban J connectivity index is 1.49. The Morgan fingerprint density at radius 3 is 2.59 bits per heavy atom. The molecule has 6 nitrogen and oxygen atoms in total. The van der Waals surface area contributed by atoms with E-state index in [1.54, 1.807) is 20.3 Å². The van der Waals surface area contributed by atoms with Crippen molar-refractivity contribution in [2.24, 2.45) is 5.10 Å². The smallest absolute Gasteiger partial charge is 0.277 e. The lowest BCUT2D eigenvalue weighted by Crippen LogP contribution is -2.24. The molecular formula is C20H21BrN2O4S2. The number of nitrogens with zero attached hydrogens (tertiary/aromatic N) is 1. The first-order chi connectivity index (χ1) is 14.1. The lowest BCUT2D eigenvalue weighted by Gasteiger charge is -2.10. The maximum Gasteiger partial charge on any atom is 0.277 e. The van der Waals surface area contributed by atoms with Crippen molar-refractivity contribution in [2.45, 2.75) is 4.58 Å². The first kappa shape index (κ1) is 21.9. The number of halogens is 1. The molecule has 1 fully saturated rings. The summed E-state index contributed by atoms with van der Waals surface area (Å²) in [7, 11) is 3.12. The SMILES string of the molecule is COc1cc(/C=N/NC(=O)COc2ccc(C3SCCS3)cc2)cc(Br)c1OC. The lowest BCUT2D eigenvalue weighted by atomic mass is 10.2. The highest BCUT2D eigenvalue weighted by atomic mass is 79.9. The van der Waals surface area contributed by atoms with Crippen molar-refractivity contribution in [3.05, 3.63) is 52.0 Å². The Bertz CT molecular complexity index is 872. The average Bonchev–Trinajstić information content (AvgIpc) is 3.27. The molecule has 29 heavy (non-hydrogen) atoms. The third-order valence-corrected chi connectivity index (χ3v) is 7.70. The second-order valence-corrected chi connectivity index (χ2v) is 9.54. The van der Waals surface area contributed by atoms with Gasteiger partial charge in [0.25, 0.3) is 5.91 Å². The van der Waals surface area contributed by atoms with Gasteiger partial charge in [0.2, 0.25) is 0 Å². The molecule has 0 unspecified atom stereocenters. The van der Waals surface area contributed by atoms with Gasteiger partial charge in [0.1, 0.15) is 5.75 Å². The van der Waals surface area contributed by atoms with Crippen LogP contribution in [0.15, 0.2) is 46.0 Å². The summed E-state index contributed by atoms with van der Waals surface area (Å²) >= 11 is 7.33. The normalized spacial score (nSPS) is 14.2. The number of methoxy groups -OCH3 is 2. The molecule has 0 aliphatic carbocycles. The Hall–Kier alpha value is -1.84. The minimum atomic E-state index is -0.341. The molecular weight excluding hydrogens is 476 g/mol. The molecule has 0 aromatic heterocycles. The summed E-state index contributed by atoms with van der Waals surface area (Å²) in [5.41, 5.74) is 4.48. The summed E-state index contributed by atoms with van der Waals surface area (Å²) in [4.78, 5) is 12.0. The third-order valence-electron chi connectivity index (χ3n) is 4.00. The molecule has 154 valence electrons. The Morgan fingerprint density at radius 2 is 1.93 bits per heavy atom. The van der Waals surface area contributed by atoms with Gasteiger partial charge < -0.3 is 14.2 Å². The molecule has 1 N–H and O–H groups in total. The quantitative estimate of drug-likeness (QED) is 0.429. The summed E-state index contributed by atoms with van der Waals surface area (Å²) in [6.07, 6.45) is 1.52. The van der Waals surface area contributed by atoms with Crippen molar-refractivity contribution in [2.75, 3.05) is 32.3 Å². The third kappa shape index (κ3) is 6.07. The fraction of sp³-hybridized carbons (Fsp3) is 0.300. The molecule has 1 aliphatic heterocycles. The molecule has 0 spiro atoms. The van der Waals surface area contributed by atoms with Gasteiger partial charge in [-0.1, -0.05) is 12.1 Å². The standard InChI is InChI=1S/C20H21BrN2O4S2/c1-25-17-10-13(9-16(21)19(17)26-2)11-22-23-18(24)12-27-15-5-3-14(4-6-15)20-28-7-8-29-20/h3-6,9-11,20H,7-8,12H2,1-2H3,(H,23,24)/b22-11+. The molecule has 0 saturated carbocycles. The summed E-state index contributed by atoms with van der Waals surface area (Å²) < 4.78 is 17.3. The van der Waals surface area contributed by atoms with Crippen molar-refractivity contribution in [1.29, 1.82) is 0 Å². The number of benzene rings is 2. The van der Waals surface area contributed by atoms with Crippen LogP contribution in [0.3, 0.4) is 0 Å². The van der Waals surface area contributed by atoms with Crippen LogP contribution < -0.4 is 19.6 Å². The van der Waals surface area contributed by atoms with Crippen LogP contribution >= 0.6 is 39.5 Å². The first-order valence-electron chi connectivity index (χ1n) is 8.80. The average molecular weight is 497 g/mol. The maximum absolute atomic E-state index is 12.0. The number of carbonyl (C=O) groups is 1. The van der Waals surface area contributed by atoms with Crippen molar-refractivity contribution < 1.29 is 19.0 Å². The molecule has 3 rings (SSSR count). The second-order valence-electron chi connectivity index (χ2n) is 5.96. The zero-order valence-corrected chi connectivity index (χ0v) is 19.2. The van der Waals surface area contributed by atoms with Crippen molar-refractivity contribution >= 4 is 51.6 Å². The van der Waals surface area contributed by atoms with Crippen LogP contribution in [0.1, 0.15) is 15.7 Å². The van der Waals surface area contributed by atoms with Gasteiger partial charge in [-0.15, -0.1) is 23.5 Å².